The van der Waals surface area contributed by atoms with E-state index in [1.54, 1.807) is 0 Å². The molecule has 19 heavy (non-hydrogen) atoms. The molecular formula is C15H17ClN2O. The van der Waals surface area contributed by atoms with Crippen molar-refractivity contribution >= 4 is 11.6 Å². The Balaban J connectivity index is 2.14. The van der Waals surface area contributed by atoms with Crippen molar-refractivity contribution in [3.05, 3.63) is 58.4 Å². The molecule has 0 saturated carbocycles. The van der Waals surface area contributed by atoms with Crippen LogP contribution in [0.5, 0.6) is 5.75 Å². The summed E-state index contributed by atoms with van der Waals surface area (Å²) >= 11 is 6.19. The van der Waals surface area contributed by atoms with E-state index in [-0.39, 0.29) is 0 Å². The average Bonchev–Trinajstić information content (AvgIpc) is 2.38. The van der Waals surface area contributed by atoms with Gasteiger partial charge in [-0.2, -0.15) is 0 Å². The molecule has 2 rings (SSSR count). The van der Waals surface area contributed by atoms with Gasteiger partial charge in [-0.15, -0.1) is 0 Å². The highest BCUT2D eigenvalue weighted by molar-refractivity contribution is 6.32. The van der Waals surface area contributed by atoms with Gasteiger partial charge in [0.1, 0.15) is 12.4 Å². The Morgan fingerprint density at radius 2 is 2.00 bits per heavy atom. The summed E-state index contributed by atoms with van der Waals surface area (Å²) in [6, 6.07) is 11.6. The minimum absolute atomic E-state index is 0.419. The summed E-state index contributed by atoms with van der Waals surface area (Å²) in [6.45, 7) is 3.10. The second-order valence-electron chi connectivity index (χ2n) is 4.32. The van der Waals surface area contributed by atoms with Crippen LogP contribution in [0.3, 0.4) is 0 Å². The molecule has 0 amide bonds. The molecule has 0 unspecified atom stereocenters. The first-order valence-corrected chi connectivity index (χ1v) is 6.56. The molecule has 100 valence electrons. The zero-order chi connectivity index (χ0) is 13.7. The van der Waals surface area contributed by atoms with Gasteiger partial charge in [0.2, 0.25) is 0 Å². The molecule has 0 aliphatic carbocycles. The van der Waals surface area contributed by atoms with Crippen molar-refractivity contribution in [2.45, 2.75) is 20.1 Å². The van der Waals surface area contributed by atoms with Gasteiger partial charge in [-0.3, -0.25) is 4.98 Å². The molecule has 1 N–H and O–H groups in total. The number of halogens is 1. The topological polar surface area (TPSA) is 34.1 Å². The summed E-state index contributed by atoms with van der Waals surface area (Å²) in [5.74, 6) is 0.724. The molecule has 0 bridgehead atoms. The van der Waals surface area contributed by atoms with Crippen LogP contribution in [0, 0.1) is 6.92 Å². The second-order valence-corrected chi connectivity index (χ2v) is 4.72. The molecule has 0 saturated heterocycles. The van der Waals surface area contributed by atoms with Gasteiger partial charge in [0.25, 0.3) is 0 Å². The minimum atomic E-state index is 0.419. The number of pyridine rings is 1. The van der Waals surface area contributed by atoms with Crippen molar-refractivity contribution in [2.24, 2.45) is 0 Å². The van der Waals surface area contributed by atoms with Crippen molar-refractivity contribution in [1.29, 1.82) is 0 Å². The predicted molar refractivity (Wildman–Crippen MR) is 77.5 cm³/mol. The van der Waals surface area contributed by atoms with Crippen molar-refractivity contribution in [3.8, 4) is 5.75 Å². The summed E-state index contributed by atoms with van der Waals surface area (Å²) in [6.07, 6.45) is 0. The maximum Gasteiger partial charge on any atom is 0.142 e. The third-order valence-corrected chi connectivity index (χ3v) is 3.02. The Labute approximate surface area is 118 Å². The van der Waals surface area contributed by atoms with Gasteiger partial charge in [0, 0.05) is 17.8 Å². The minimum Gasteiger partial charge on any atom is -0.485 e. The van der Waals surface area contributed by atoms with Crippen LogP contribution >= 0.6 is 11.6 Å². The molecule has 0 aliphatic rings. The average molecular weight is 277 g/mol. The van der Waals surface area contributed by atoms with Crippen LogP contribution in [0.25, 0.3) is 0 Å². The van der Waals surface area contributed by atoms with E-state index in [4.69, 9.17) is 16.3 Å². The number of aryl methyl sites for hydroxylation is 1. The number of ether oxygens (including phenoxy) is 1. The number of hydrogen-bond donors (Lipinski definition) is 1. The smallest absolute Gasteiger partial charge is 0.142 e. The highest BCUT2D eigenvalue weighted by Crippen LogP contribution is 2.29. The first-order valence-electron chi connectivity index (χ1n) is 6.18. The highest BCUT2D eigenvalue weighted by Gasteiger charge is 2.08. The molecule has 0 radical (unpaired) electrons. The number of para-hydroxylation sites is 1. The standard InChI is InChI=1S/C15H17ClN2O/c1-11-5-3-7-13(18-11)10-19-15-12(9-17-2)6-4-8-14(15)16/h3-8,17H,9-10H2,1-2H3. The SMILES string of the molecule is CNCc1cccc(Cl)c1OCc1cccc(C)n1. The first-order chi connectivity index (χ1) is 9.20. The Morgan fingerprint density at radius 1 is 1.21 bits per heavy atom. The van der Waals surface area contributed by atoms with Gasteiger partial charge >= 0.3 is 0 Å². The highest BCUT2D eigenvalue weighted by atomic mass is 35.5. The second kappa shape index (κ2) is 6.55. The third-order valence-electron chi connectivity index (χ3n) is 2.73. The molecule has 4 heteroatoms. The van der Waals surface area contributed by atoms with Crippen molar-refractivity contribution < 1.29 is 4.74 Å². The van der Waals surface area contributed by atoms with Crippen molar-refractivity contribution in [2.75, 3.05) is 7.05 Å². The number of rotatable bonds is 5. The molecule has 0 atom stereocenters. The van der Waals surface area contributed by atoms with Gasteiger partial charge in [-0.05, 0) is 32.2 Å². The fourth-order valence-corrected chi connectivity index (χ4v) is 2.12. The molecule has 2 aromatic rings. The Kier molecular flexibility index (Phi) is 4.77. The van der Waals surface area contributed by atoms with Crippen LogP contribution < -0.4 is 10.1 Å². The molecule has 1 aromatic carbocycles. The lowest BCUT2D eigenvalue weighted by Crippen LogP contribution is -2.08. The zero-order valence-corrected chi connectivity index (χ0v) is 11.9. The monoisotopic (exact) mass is 276 g/mol. The van der Waals surface area contributed by atoms with Crippen LogP contribution in [0.1, 0.15) is 17.0 Å². The van der Waals surface area contributed by atoms with E-state index in [9.17, 15) is 0 Å². The van der Waals surface area contributed by atoms with E-state index in [1.165, 1.54) is 0 Å². The van der Waals surface area contributed by atoms with Crippen LogP contribution in [0.4, 0.5) is 0 Å². The lowest BCUT2D eigenvalue weighted by atomic mass is 10.2. The van der Waals surface area contributed by atoms with Crippen LogP contribution in [-0.2, 0) is 13.2 Å². The van der Waals surface area contributed by atoms with E-state index in [0.717, 1.165) is 29.2 Å². The van der Waals surface area contributed by atoms with Gasteiger partial charge in [-0.25, -0.2) is 0 Å². The molecule has 0 aliphatic heterocycles. The Bertz CT molecular complexity index is 558. The lowest BCUT2D eigenvalue weighted by Gasteiger charge is -2.12. The van der Waals surface area contributed by atoms with Crippen LogP contribution in [0.15, 0.2) is 36.4 Å². The van der Waals surface area contributed by atoms with Gasteiger partial charge in [0.15, 0.2) is 0 Å². The van der Waals surface area contributed by atoms with Gasteiger partial charge in [-0.1, -0.05) is 29.8 Å². The van der Waals surface area contributed by atoms with E-state index >= 15 is 0 Å². The van der Waals surface area contributed by atoms with E-state index in [2.05, 4.69) is 10.3 Å². The van der Waals surface area contributed by atoms with Crippen LogP contribution in [0.2, 0.25) is 5.02 Å². The number of aromatic nitrogens is 1. The summed E-state index contributed by atoms with van der Waals surface area (Å²) in [7, 11) is 1.90. The predicted octanol–water partition coefficient (Wildman–Crippen LogP) is 3.34. The first kappa shape index (κ1) is 13.8. The Hall–Kier alpha value is -1.58. The molecule has 3 nitrogen and oxygen atoms in total. The summed E-state index contributed by atoms with van der Waals surface area (Å²) in [5.41, 5.74) is 2.92. The molecule has 0 fully saturated rings. The van der Waals surface area contributed by atoms with Crippen LogP contribution in [-0.4, -0.2) is 12.0 Å². The number of nitrogens with one attached hydrogen (secondary N) is 1. The van der Waals surface area contributed by atoms with Crippen molar-refractivity contribution in [1.82, 2.24) is 10.3 Å². The largest absolute Gasteiger partial charge is 0.485 e. The summed E-state index contributed by atoms with van der Waals surface area (Å²) in [5, 5.41) is 3.73. The summed E-state index contributed by atoms with van der Waals surface area (Å²) < 4.78 is 5.83. The Morgan fingerprint density at radius 3 is 2.74 bits per heavy atom. The zero-order valence-electron chi connectivity index (χ0n) is 11.1. The third kappa shape index (κ3) is 3.69. The van der Waals surface area contributed by atoms with Crippen molar-refractivity contribution in [3.63, 3.8) is 0 Å². The normalized spacial score (nSPS) is 10.5. The summed E-state index contributed by atoms with van der Waals surface area (Å²) in [4.78, 5) is 4.41. The molecule has 1 aromatic heterocycles. The fraction of sp³-hybridized carbons (Fsp3) is 0.267. The van der Waals surface area contributed by atoms with E-state index in [1.807, 2.05) is 50.4 Å². The number of hydrogen-bond acceptors (Lipinski definition) is 3. The fourth-order valence-electron chi connectivity index (χ4n) is 1.87. The molecule has 0 spiro atoms. The lowest BCUT2D eigenvalue weighted by molar-refractivity contribution is 0.297. The molecule has 1 heterocycles. The number of nitrogens with zero attached hydrogens (tertiary/aromatic N) is 1. The molecular weight excluding hydrogens is 260 g/mol. The van der Waals surface area contributed by atoms with E-state index in [0.29, 0.717) is 11.6 Å². The van der Waals surface area contributed by atoms with E-state index < -0.39 is 0 Å². The quantitative estimate of drug-likeness (QED) is 0.909. The van der Waals surface area contributed by atoms with Gasteiger partial charge < -0.3 is 10.1 Å². The maximum atomic E-state index is 6.19. The van der Waals surface area contributed by atoms with Gasteiger partial charge in [0.05, 0.1) is 10.7 Å². The maximum absolute atomic E-state index is 6.19. The number of benzene rings is 1.